The molecule has 0 unspecified atom stereocenters. The summed E-state index contributed by atoms with van der Waals surface area (Å²) in [5, 5.41) is 15.5. The summed E-state index contributed by atoms with van der Waals surface area (Å²) >= 11 is 11.9. The van der Waals surface area contributed by atoms with E-state index in [1.807, 2.05) is 0 Å². The minimum atomic E-state index is -0.972. The quantitative estimate of drug-likeness (QED) is 0.346. The van der Waals surface area contributed by atoms with Gasteiger partial charge in [-0.3, -0.25) is 4.79 Å². The van der Waals surface area contributed by atoms with Gasteiger partial charge in [0.15, 0.2) is 5.84 Å². The van der Waals surface area contributed by atoms with Gasteiger partial charge in [-0.2, -0.15) is 0 Å². The molecule has 2 rings (SSSR count). The van der Waals surface area contributed by atoms with Crippen LogP contribution in [0, 0.1) is 5.41 Å². The van der Waals surface area contributed by atoms with Gasteiger partial charge in [-0.1, -0.05) is 41.2 Å². The highest BCUT2D eigenvalue weighted by molar-refractivity contribution is 6.35. The fourth-order valence-electron chi connectivity index (χ4n) is 2.51. The van der Waals surface area contributed by atoms with Crippen LogP contribution in [0.5, 0.6) is 0 Å². The van der Waals surface area contributed by atoms with Crippen LogP contribution in [0.4, 0.5) is 5.69 Å². The molecule has 1 aromatic rings. The molecule has 0 aromatic heterocycles. The number of hydrogen-bond donors (Lipinski definition) is 3. The molecule has 1 aliphatic carbocycles. The molecular weight excluding hydrogens is 301 g/mol. The molecule has 0 atom stereocenters. The van der Waals surface area contributed by atoms with Crippen molar-refractivity contribution in [1.29, 1.82) is 0 Å². The van der Waals surface area contributed by atoms with Crippen LogP contribution in [-0.2, 0) is 4.79 Å². The molecule has 4 N–H and O–H groups in total. The first kappa shape index (κ1) is 14.9. The molecule has 0 heterocycles. The van der Waals surface area contributed by atoms with Gasteiger partial charge in [0.05, 0.1) is 10.7 Å². The standard InChI is InChI=1S/C13H15Cl2N3O2/c14-8-3-4-9(15)10(7-8)17-12(19)13(11(16)18-20)5-1-2-6-13/h3-4,7,20H,1-2,5-6H2,(H2,16,18)(H,17,19). The van der Waals surface area contributed by atoms with Gasteiger partial charge in [-0.15, -0.1) is 0 Å². The minimum absolute atomic E-state index is 0.0642. The summed E-state index contributed by atoms with van der Waals surface area (Å²) in [4.78, 5) is 12.5. The number of carbonyl (C=O) groups is 1. The summed E-state index contributed by atoms with van der Waals surface area (Å²) in [6.07, 6.45) is 2.81. The molecule has 1 aliphatic rings. The number of nitrogens with zero attached hydrogens (tertiary/aromatic N) is 1. The zero-order chi connectivity index (χ0) is 14.8. The molecule has 0 aliphatic heterocycles. The lowest BCUT2D eigenvalue weighted by Gasteiger charge is -2.26. The van der Waals surface area contributed by atoms with E-state index < -0.39 is 5.41 Å². The normalized spacial score (nSPS) is 18.0. The fraction of sp³-hybridized carbons (Fsp3) is 0.385. The maximum atomic E-state index is 12.5. The van der Waals surface area contributed by atoms with Crippen molar-refractivity contribution in [3.05, 3.63) is 28.2 Å². The van der Waals surface area contributed by atoms with Gasteiger partial charge in [-0.05, 0) is 31.0 Å². The lowest BCUT2D eigenvalue weighted by molar-refractivity contribution is -0.122. The third-order valence-electron chi connectivity index (χ3n) is 3.67. The summed E-state index contributed by atoms with van der Waals surface area (Å²) < 4.78 is 0. The van der Waals surface area contributed by atoms with E-state index in [0.717, 1.165) is 12.8 Å². The number of amides is 1. The lowest BCUT2D eigenvalue weighted by atomic mass is 9.83. The van der Waals surface area contributed by atoms with Crippen molar-refractivity contribution in [3.8, 4) is 0 Å². The average molecular weight is 316 g/mol. The van der Waals surface area contributed by atoms with Crippen LogP contribution in [0.2, 0.25) is 10.0 Å². The highest BCUT2D eigenvalue weighted by Gasteiger charge is 2.45. The first-order chi connectivity index (χ1) is 9.49. The first-order valence-corrected chi connectivity index (χ1v) is 7.00. The minimum Gasteiger partial charge on any atom is -0.409 e. The van der Waals surface area contributed by atoms with Gasteiger partial charge in [0, 0.05) is 5.02 Å². The predicted molar refractivity (Wildman–Crippen MR) is 79.4 cm³/mol. The van der Waals surface area contributed by atoms with Gasteiger partial charge in [-0.25, -0.2) is 0 Å². The Kier molecular flexibility index (Phi) is 4.40. The number of nitrogens with two attached hydrogens (primary N) is 1. The summed E-state index contributed by atoms with van der Waals surface area (Å²) in [6, 6.07) is 4.80. The zero-order valence-corrected chi connectivity index (χ0v) is 12.2. The Labute approximate surface area is 126 Å². The number of anilines is 1. The average Bonchev–Trinajstić information content (AvgIpc) is 2.92. The number of amidine groups is 1. The number of halogens is 2. The van der Waals surface area contributed by atoms with Gasteiger partial charge in [0.1, 0.15) is 5.41 Å². The van der Waals surface area contributed by atoms with Crippen molar-refractivity contribution in [2.45, 2.75) is 25.7 Å². The smallest absolute Gasteiger partial charge is 0.238 e. The molecular formula is C13H15Cl2N3O2. The highest BCUT2D eigenvalue weighted by atomic mass is 35.5. The van der Waals surface area contributed by atoms with Crippen molar-refractivity contribution in [2.75, 3.05) is 5.32 Å². The van der Waals surface area contributed by atoms with Crippen LogP contribution in [0.3, 0.4) is 0 Å². The van der Waals surface area contributed by atoms with E-state index >= 15 is 0 Å². The molecule has 0 radical (unpaired) electrons. The van der Waals surface area contributed by atoms with Crippen LogP contribution in [-0.4, -0.2) is 17.0 Å². The van der Waals surface area contributed by atoms with Crippen molar-refractivity contribution in [3.63, 3.8) is 0 Å². The highest BCUT2D eigenvalue weighted by Crippen LogP contribution is 2.40. The SMILES string of the molecule is NC(=NO)C1(C(=O)Nc2cc(Cl)ccc2Cl)CCCC1. The molecule has 1 saturated carbocycles. The molecule has 5 nitrogen and oxygen atoms in total. The molecule has 0 bridgehead atoms. The molecule has 0 saturated heterocycles. The molecule has 0 spiro atoms. The van der Waals surface area contributed by atoms with Crippen LogP contribution >= 0.6 is 23.2 Å². The number of rotatable bonds is 3. The van der Waals surface area contributed by atoms with Crippen molar-refractivity contribution >= 4 is 40.6 Å². The van der Waals surface area contributed by atoms with Gasteiger partial charge in [0.2, 0.25) is 5.91 Å². The third-order valence-corrected chi connectivity index (χ3v) is 4.23. The fourth-order valence-corrected chi connectivity index (χ4v) is 2.85. The van der Waals surface area contributed by atoms with Crippen LogP contribution in [0.25, 0.3) is 0 Å². The summed E-state index contributed by atoms with van der Waals surface area (Å²) in [6.45, 7) is 0. The number of carbonyl (C=O) groups excluding carboxylic acids is 1. The zero-order valence-electron chi connectivity index (χ0n) is 10.7. The summed E-state index contributed by atoms with van der Waals surface area (Å²) in [7, 11) is 0. The topological polar surface area (TPSA) is 87.7 Å². The molecule has 1 fully saturated rings. The Balaban J connectivity index is 2.28. The maximum absolute atomic E-state index is 12.5. The van der Waals surface area contributed by atoms with E-state index in [1.54, 1.807) is 18.2 Å². The molecule has 1 amide bonds. The first-order valence-electron chi connectivity index (χ1n) is 6.24. The van der Waals surface area contributed by atoms with Gasteiger partial charge >= 0.3 is 0 Å². The van der Waals surface area contributed by atoms with Gasteiger partial charge in [0.25, 0.3) is 0 Å². The van der Waals surface area contributed by atoms with E-state index in [2.05, 4.69) is 10.5 Å². The number of hydrogen-bond acceptors (Lipinski definition) is 3. The number of oxime groups is 1. The monoisotopic (exact) mass is 315 g/mol. The summed E-state index contributed by atoms with van der Waals surface area (Å²) in [5.41, 5.74) is 5.16. The second-order valence-electron chi connectivity index (χ2n) is 4.85. The van der Waals surface area contributed by atoms with Crippen LogP contribution in [0.1, 0.15) is 25.7 Å². The Morgan fingerprint density at radius 3 is 2.60 bits per heavy atom. The Bertz CT molecular complexity index is 555. The number of nitrogens with one attached hydrogen (secondary N) is 1. The second kappa shape index (κ2) is 5.89. The van der Waals surface area contributed by atoms with E-state index in [4.69, 9.17) is 34.1 Å². The Morgan fingerprint density at radius 2 is 2.00 bits per heavy atom. The number of benzene rings is 1. The third kappa shape index (κ3) is 2.69. The van der Waals surface area contributed by atoms with Crippen molar-refractivity contribution in [1.82, 2.24) is 0 Å². The molecule has 108 valence electrons. The van der Waals surface area contributed by atoms with Gasteiger partial charge < -0.3 is 16.3 Å². The van der Waals surface area contributed by atoms with E-state index in [1.165, 1.54) is 0 Å². The second-order valence-corrected chi connectivity index (χ2v) is 5.70. The Morgan fingerprint density at radius 1 is 1.35 bits per heavy atom. The van der Waals surface area contributed by atoms with E-state index in [9.17, 15) is 4.79 Å². The van der Waals surface area contributed by atoms with Crippen molar-refractivity contribution in [2.24, 2.45) is 16.3 Å². The molecule has 1 aromatic carbocycles. The summed E-state index contributed by atoms with van der Waals surface area (Å²) in [5.74, 6) is -0.389. The largest absolute Gasteiger partial charge is 0.409 e. The van der Waals surface area contributed by atoms with Crippen molar-refractivity contribution < 1.29 is 10.0 Å². The lowest BCUT2D eigenvalue weighted by Crippen LogP contribution is -2.45. The van der Waals surface area contributed by atoms with E-state index in [0.29, 0.717) is 28.6 Å². The maximum Gasteiger partial charge on any atom is 0.238 e. The molecule has 7 heteroatoms. The van der Waals surface area contributed by atoms with Crippen LogP contribution in [0.15, 0.2) is 23.4 Å². The Hall–Kier alpha value is -1.46. The van der Waals surface area contributed by atoms with E-state index in [-0.39, 0.29) is 11.7 Å². The van der Waals surface area contributed by atoms with Crippen LogP contribution < -0.4 is 11.1 Å². The predicted octanol–water partition coefficient (Wildman–Crippen LogP) is 3.24. The molecule has 20 heavy (non-hydrogen) atoms.